The van der Waals surface area contributed by atoms with E-state index in [0.717, 1.165) is 6.54 Å². The summed E-state index contributed by atoms with van der Waals surface area (Å²) in [5.74, 6) is 0.486. The highest BCUT2D eigenvalue weighted by atomic mass is 35.5. The Balaban J connectivity index is 0.00000196. The number of nitrogens with one attached hydrogen (secondary N) is 1. The third-order valence-electron chi connectivity index (χ3n) is 2.35. The van der Waals surface area contributed by atoms with Gasteiger partial charge in [0.25, 0.3) is 0 Å². The van der Waals surface area contributed by atoms with Gasteiger partial charge < -0.3 is 20.6 Å². The molecule has 0 aromatic carbocycles. The van der Waals surface area contributed by atoms with Crippen molar-refractivity contribution >= 4 is 12.4 Å². The molecule has 4 nitrogen and oxygen atoms in total. The van der Waals surface area contributed by atoms with Crippen molar-refractivity contribution in [3.63, 3.8) is 0 Å². The largest absolute Gasteiger partial charge is 0.388 e. The lowest BCUT2D eigenvalue weighted by Crippen LogP contribution is -2.52. The smallest absolute Gasteiger partial charge is 0.111 e. The minimum atomic E-state index is -1.09. The van der Waals surface area contributed by atoms with Crippen LogP contribution in [0.5, 0.6) is 0 Å². The summed E-state index contributed by atoms with van der Waals surface area (Å²) in [6, 6.07) is -0.268. The van der Waals surface area contributed by atoms with E-state index in [9.17, 15) is 15.3 Å². The Morgan fingerprint density at radius 3 is 2.27 bits per heavy atom. The van der Waals surface area contributed by atoms with Gasteiger partial charge in [-0.15, -0.1) is 12.4 Å². The van der Waals surface area contributed by atoms with Crippen LogP contribution in [0.15, 0.2) is 12.2 Å². The maximum absolute atomic E-state index is 9.60. The Morgan fingerprint density at radius 2 is 1.73 bits per heavy atom. The van der Waals surface area contributed by atoms with E-state index in [2.05, 4.69) is 19.2 Å². The van der Waals surface area contributed by atoms with Gasteiger partial charge in [0.2, 0.25) is 0 Å². The van der Waals surface area contributed by atoms with Gasteiger partial charge in [-0.1, -0.05) is 26.0 Å². The molecular weight excluding hydrogens is 218 g/mol. The highest BCUT2D eigenvalue weighted by molar-refractivity contribution is 5.85. The first-order chi connectivity index (χ1) is 6.52. The van der Waals surface area contributed by atoms with Crippen LogP contribution in [0.3, 0.4) is 0 Å². The van der Waals surface area contributed by atoms with Gasteiger partial charge in [-0.3, -0.25) is 0 Å². The van der Waals surface area contributed by atoms with Crippen LogP contribution in [-0.2, 0) is 0 Å². The lowest BCUT2D eigenvalue weighted by molar-refractivity contribution is -0.0567. The Hall–Kier alpha value is -0.130. The van der Waals surface area contributed by atoms with E-state index in [4.69, 9.17) is 0 Å². The van der Waals surface area contributed by atoms with Gasteiger partial charge in [0, 0.05) is 0 Å². The SMILES string of the molecule is CC(C)CN[C@@H]1C=C[C@H](O)[C@H](O)[C@H]1O.Cl. The van der Waals surface area contributed by atoms with Crippen LogP contribution >= 0.6 is 12.4 Å². The third-order valence-corrected chi connectivity index (χ3v) is 2.35. The first-order valence-electron chi connectivity index (χ1n) is 4.98. The second kappa shape index (κ2) is 6.45. The molecular formula is C10H20ClNO3. The minimum Gasteiger partial charge on any atom is -0.388 e. The van der Waals surface area contributed by atoms with Crippen LogP contribution in [0.4, 0.5) is 0 Å². The molecule has 0 heterocycles. The van der Waals surface area contributed by atoms with E-state index in [0.29, 0.717) is 5.92 Å². The summed E-state index contributed by atoms with van der Waals surface area (Å²) in [5, 5.41) is 31.3. The molecule has 0 spiro atoms. The van der Waals surface area contributed by atoms with Crippen molar-refractivity contribution in [1.29, 1.82) is 0 Å². The average molecular weight is 238 g/mol. The molecule has 4 N–H and O–H groups in total. The normalized spacial score (nSPS) is 35.3. The molecule has 0 aliphatic heterocycles. The molecule has 15 heavy (non-hydrogen) atoms. The van der Waals surface area contributed by atoms with Gasteiger partial charge in [-0.05, 0) is 12.5 Å². The van der Waals surface area contributed by atoms with Gasteiger partial charge in [-0.25, -0.2) is 0 Å². The van der Waals surface area contributed by atoms with Crippen molar-refractivity contribution in [2.24, 2.45) is 5.92 Å². The number of hydrogen-bond donors (Lipinski definition) is 4. The summed E-state index contributed by atoms with van der Waals surface area (Å²) in [7, 11) is 0. The summed E-state index contributed by atoms with van der Waals surface area (Å²) in [6.45, 7) is 4.91. The molecule has 0 aromatic rings. The standard InChI is InChI=1S/C10H19NO3.ClH/c1-6(2)5-11-7-3-4-8(12)10(14)9(7)13;/h3-4,6-14H,5H2,1-2H3;1H/t7-,8+,9+,10+;/m1./s1. The number of rotatable bonds is 3. The van der Waals surface area contributed by atoms with E-state index in [-0.39, 0.29) is 18.4 Å². The van der Waals surface area contributed by atoms with Gasteiger partial charge >= 0.3 is 0 Å². The fourth-order valence-electron chi connectivity index (χ4n) is 1.44. The van der Waals surface area contributed by atoms with Gasteiger partial charge in [0.05, 0.1) is 6.04 Å². The molecule has 0 radical (unpaired) electrons. The lowest BCUT2D eigenvalue weighted by atomic mass is 9.94. The zero-order valence-electron chi connectivity index (χ0n) is 9.00. The van der Waals surface area contributed by atoms with Crippen LogP contribution in [0, 0.1) is 5.92 Å². The number of aliphatic hydroxyl groups is 3. The molecule has 1 aliphatic carbocycles. The molecule has 0 saturated heterocycles. The molecule has 1 aliphatic rings. The third kappa shape index (κ3) is 4.09. The van der Waals surface area contributed by atoms with Crippen molar-refractivity contribution < 1.29 is 15.3 Å². The van der Waals surface area contributed by atoms with Gasteiger partial charge in [0.1, 0.15) is 18.3 Å². The van der Waals surface area contributed by atoms with Crippen molar-refractivity contribution in [1.82, 2.24) is 5.32 Å². The maximum Gasteiger partial charge on any atom is 0.111 e. The molecule has 0 fully saturated rings. The van der Waals surface area contributed by atoms with Crippen molar-refractivity contribution in [3.05, 3.63) is 12.2 Å². The van der Waals surface area contributed by atoms with E-state index >= 15 is 0 Å². The van der Waals surface area contributed by atoms with Crippen molar-refractivity contribution in [2.45, 2.75) is 38.2 Å². The first-order valence-corrected chi connectivity index (χ1v) is 4.98. The fraction of sp³-hybridized carbons (Fsp3) is 0.800. The maximum atomic E-state index is 9.60. The van der Waals surface area contributed by atoms with Gasteiger partial charge in [-0.2, -0.15) is 0 Å². The number of hydrogen-bond acceptors (Lipinski definition) is 4. The molecule has 0 unspecified atom stereocenters. The first kappa shape index (κ1) is 14.9. The minimum absolute atomic E-state index is 0. The van der Waals surface area contributed by atoms with E-state index in [1.807, 2.05) is 0 Å². The number of halogens is 1. The Labute approximate surface area is 96.4 Å². The second-order valence-electron chi connectivity index (χ2n) is 4.18. The summed E-state index contributed by atoms with van der Waals surface area (Å²) in [6.07, 6.45) is 0.223. The lowest BCUT2D eigenvalue weighted by Gasteiger charge is -2.31. The Bertz CT molecular complexity index is 211. The molecule has 5 heteroatoms. The molecule has 90 valence electrons. The quantitative estimate of drug-likeness (QED) is 0.508. The average Bonchev–Trinajstić information content (AvgIpc) is 2.13. The fourth-order valence-corrected chi connectivity index (χ4v) is 1.44. The van der Waals surface area contributed by atoms with E-state index < -0.39 is 18.3 Å². The van der Waals surface area contributed by atoms with Crippen LogP contribution in [-0.4, -0.2) is 46.2 Å². The van der Waals surface area contributed by atoms with Crippen LogP contribution in [0.1, 0.15) is 13.8 Å². The predicted molar refractivity (Wildman–Crippen MR) is 61.0 cm³/mol. The van der Waals surface area contributed by atoms with Crippen LogP contribution in [0.2, 0.25) is 0 Å². The van der Waals surface area contributed by atoms with Crippen molar-refractivity contribution in [2.75, 3.05) is 6.54 Å². The molecule has 0 amide bonds. The van der Waals surface area contributed by atoms with E-state index in [1.54, 1.807) is 6.08 Å². The monoisotopic (exact) mass is 237 g/mol. The summed E-state index contributed by atoms with van der Waals surface area (Å²) in [5.41, 5.74) is 0. The van der Waals surface area contributed by atoms with Gasteiger partial charge in [0.15, 0.2) is 0 Å². The highest BCUT2D eigenvalue weighted by Gasteiger charge is 2.32. The second-order valence-corrected chi connectivity index (χ2v) is 4.18. The molecule has 4 atom stereocenters. The zero-order valence-corrected chi connectivity index (χ0v) is 9.81. The molecule has 0 bridgehead atoms. The van der Waals surface area contributed by atoms with E-state index in [1.165, 1.54) is 6.08 Å². The highest BCUT2D eigenvalue weighted by Crippen LogP contribution is 2.13. The molecule has 1 rings (SSSR count). The summed E-state index contributed by atoms with van der Waals surface area (Å²) >= 11 is 0. The van der Waals surface area contributed by atoms with Crippen LogP contribution in [0.25, 0.3) is 0 Å². The Kier molecular flexibility index (Phi) is 6.40. The van der Waals surface area contributed by atoms with Crippen LogP contribution < -0.4 is 5.32 Å². The zero-order chi connectivity index (χ0) is 10.7. The number of aliphatic hydroxyl groups excluding tert-OH is 3. The Morgan fingerprint density at radius 1 is 1.13 bits per heavy atom. The predicted octanol–water partition coefficient (Wildman–Crippen LogP) is -0.325. The molecule has 0 aromatic heterocycles. The topological polar surface area (TPSA) is 72.7 Å². The summed E-state index contributed by atoms with van der Waals surface area (Å²) < 4.78 is 0. The summed E-state index contributed by atoms with van der Waals surface area (Å²) in [4.78, 5) is 0. The molecule has 0 saturated carbocycles. The van der Waals surface area contributed by atoms with Crippen molar-refractivity contribution in [3.8, 4) is 0 Å².